The highest BCUT2D eigenvalue weighted by molar-refractivity contribution is 6.32. The quantitative estimate of drug-likeness (QED) is 0.801. The Morgan fingerprint density at radius 1 is 1.17 bits per heavy atom. The van der Waals surface area contributed by atoms with Crippen LogP contribution in [0.5, 0.6) is 0 Å². The summed E-state index contributed by atoms with van der Waals surface area (Å²) in [5, 5.41) is 5.64. The lowest BCUT2D eigenvalue weighted by Crippen LogP contribution is -2.26. The fourth-order valence-corrected chi connectivity index (χ4v) is 3.32. The van der Waals surface area contributed by atoms with Gasteiger partial charge in [0.2, 0.25) is 0 Å². The predicted octanol–water partition coefficient (Wildman–Crippen LogP) is 3.91. The topological polar surface area (TPSA) is 27.8 Å². The van der Waals surface area contributed by atoms with Gasteiger partial charge >= 0.3 is 0 Å². The first-order valence-corrected chi connectivity index (χ1v) is 7.04. The smallest absolute Gasteiger partial charge is 0.0503 e. The lowest BCUT2D eigenvalue weighted by atomic mass is 9.88. The van der Waals surface area contributed by atoms with Gasteiger partial charge in [0, 0.05) is 16.1 Å². The Morgan fingerprint density at radius 3 is 2.61 bits per heavy atom. The zero-order valence-electron chi connectivity index (χ0n) is 10.9. The fourth-order valence-electron chi connectivity index (χ4n) is 3.17. The van der Waals surface area contributed by atoms with Gasteiger partial charge in [-0.05, 0) is 62.9 Å². The van der Waals surface area contributed by atoms with Gasteiger partial charge in [-0.25, -0.2) is 0 Å². The van der Waals surface area contributed by atoms with E-state index in [9.17, 15) is 0 Å². The number of benzene rings is 1. The molecule has 0 aliphatic carbocycles. The van der Waals surface area contributed by atoms with E-state index in [0.29, 0.717) is 5.92 Å². The SMILES string of the molecule is Cc1[nH]c2c(C)c(Cl)ccc2c1C1CCNCC1. The molecule has 1 saturated heterocycles. The maximum absolute atomic E-state index is 6.21. The first-order valence-electron chi connectivity index (χ1n) is 6.66. The number of hydrogen-bond acceptors (Lipinski definition) is 1. The van der Waals surface area contributed by atoms with Crippen LogP contribution in [-0.2, 0) is 0 Å². The van der Waals surface area contributed by atoms with Gasteiger partial charge in [-0.2, -0.15) is 0 Å². The summed E-state index contributed by atoms with van der Waals surface area (Å²) in [7, 11) is 0. The van der Waals surface area contributed by atoms with E-state index in [1.54, 1.807) is 0 Å². The molecule has 96 valence electrons. The second-order valence-corrected chi connectivity index (χ2v) is 5.69. The molecule has 0 atom stereocenters. The molecule has 1 fully saturated rings. The molecule has 2 heterocycles. The molecule has 3 heteroatoms. The van der Waals surface area contributed by atoms with Gasteiger partial charge in [-0.15, -0.1) is 0 Å². The molecule has 2 nitrogen and oxygen atoms in total. The van der Waals surface area contributed by atoms with E-state index >= 15 is 0 Å². The summed E-state index contributed by atoms with van der Waals surface area (Å²) >= 11 is 6.21. The van der Waals surface area contributed by atoms with Gasteiger partial charge in [-0.3, -0.25) is 0 Å². The van der Waals surface area contributed by atoms with Crippen LogP contribution in [0, 0.1) is 13.8 Å². The molecule has 0 spiro atoms. The maximum Gasteiger partial charge on any atom is 0.0503 e. The van der Waals surface area contributed by atoms with Crippen molar-refractivity contribution in [2.75, 3.05) is 13.1 Å². The maximum atomic E-state index is 6.21. The normalized spacial score (nSPS) is 17.5. The van der Waals surface area contributed by atoms with Crippen LogP contribution in [0.2, 0.25) is 5.02 Å². The Kier molecular flexibility index (Phi) is 3.08. The summed E-state index contributed by atoms with van der Waals surface area (Å²) < 4.78 is 0. The number of aromatic amines is 1. The van der Waals surface area contributed by atoms with Gasteiger partial charge in [0.1, 0.15) is 0 Å². The fraction of sp³-hybridized carbons (Fsp3) is 0.467. The summed E-state index contributed by atoms with van der Waals surface area (Å²) in [5.41, 5.74) is 5.19. The minimum absolute atomic E-state index is 0.681. The van der Waals surface area contributed by atoms with E-state index < -0.39 is 0 Å². The molecule has 0 saturated carbocycles. The van der Waals surface area contributed by atoms with E-state index in [1.165, 1.54) is 35.0 Å². The molecule has 0 unspecified atom stereocenters. The van der Waals surface area contributed by atoms with E-state index in [4.69, 9.17) is 11.6 Å². The Balaban J connectivity index is 2.16. The van der Waals surface area contributed by atoms with Gasteiger partial charge in [-0.1, -0.05) is 17.7 Å². The van der Waals surface area contributed by atoms with Gasteiger partial charge < -0.3 is 10.3 Å². The number of piperidine rings is 1. The van der Waals surface area contributed by atoms with E-state index in [2.05, 4.69) is 30.2 Å². The van der Waals surface area contributed by atoms with E-state index in [1.807, 2.05) is 6.07 Å². The highest BCUT2D eigenvalue weighted by Crippen LogP contribution is 2.36. The first-order chi connectivity index (χ1) is 8.68. The van der Waals surface area contributed by atoms with Crippen LogP contribution in [0.15, 0.2) is 12.1 Å². The molecule has 1 aliphatic heterocycles. The third-order valence-corrected chi connectivity index (χ3v) is 4.56. The molecule has 0 bridgehead atoms. The zero-order valence-corrected chi connectivity index (χ0v) is 11.7. The van der Waals surface area contributed by atoms with Crippen molar-refractivity contribution in [2.24, 2.45) is 0 Å². The average Bonchev–Trinajstić information content (AvgIpc) is 2.72. The highest BCUT2D eigenvalue weighted by atomic mass is 35.5. The van der Waals surface area contributed by atoms with Crippen LogP contribution in [0.1, 0.15) is 35.6 Å². The molecular formula is C15H19ClN2. The molecule has 0 radical (unpaired) electrons. The third kappa shape index (κ3) is 1.84. The Bertz CT molecular complexity index is 580. The van der Waals surface area contributed by atoms with Crippen LogP contribution in [0.3, 0.4) is 0 Å². The molecule has 0 amide bonds. The molecule has 2 N–H and O–H groups in total. The minimum Gasteiger partial charge on any atom is -0.358 e. The summed E-state index contributed by atoms with van der Waals surface area (Å²) in [6, 6.07) is 4.20. The van der Waals surface area contributed by atoms with Crippen LogP contribution in [0.25, 0.3) is 10.9 Å². The molecule has 1 aliphatic rings. The number of aryl methyl sites for hydroxylation is 2. The number of H-pyrrole nitrogens is 1. The number of nitrogens with one attached hydrogen (secondary N) is 2. The van der Waals surface area contributed by atoms with Crippen molar-refractivity contribution >= 4 is 22.5 Å². The van der Waals surface area contributed by atoms with Crippen molar-refractivity contribution in [3.8, 4) is 0 Å². The zero-order chi connectivity index (χ0) is 12.7. The molecule has 3 rings (SSSR count). The molecule has 18 heavy (non-hydrogen) atoms. The number of hydrogen-bond donors (Lipinski definition) is 2. The van der Waals surface area contributed by atoms with Crippen LogP contribution >= 0.6 is 11.6 Å². The Hall–Kier alpha value is -0.990. The summed E-state index contributed by atoms with van der Waals surface area (Å²) in [6.07, 6.45) is 2.46. The average molecular weight is 263 g/mol. The lowest BCUT2D eigenvalue weighted by molar-refractivity contribution is 0.461. The van der Waals surface area contributed by atoms with Crippen LogP contribution < -0.4 is 5.32 Å². The van der Waals surface area contributed by atoms with Crippen molar-refractivity contribution in [1.82, 2.24) is 10.3 Å². The number of halogens is 1. The first kappa shape index (κ1) is 12.1. The van der Waals surface area contributed by atoms with Crippen LogP contribution in [0.4, 0.5) is 0 Å². The number of aromatic nitrogens is 1. The Labute approximate surface area is 113 Å². The minimum atomic E-state index is 0.681. The summed E-state index contributed by atoms with van der Waals surface area (Å²) in [6.45, 7) is 6.53. The largest absolute Gasteiger partial charge is 0.358 e. The highest BCUT2D eigenvalue weighted by Gasteiger charge is 2.21. The lowest BCUT2D eigenvalue weighted by Gasteiger charge is -2.23. The van der Waals surface area contributed by atoms with Gasteiger partial charge in [0.05, 0.1) is 5.52 Å². The van der Waals surface area contributed by atoms with Crippen molar-refractivity contribution in [3.05, 3.63) is 34.0 Å². The monoisotopic (exact) mass is 262 g/mol. The standard InChI is InChI=1S/C15H19ClN2/c1-9-13(16)4-3-12-14(10(2)18-15(9)12)11-5-7-17-8-6-11/h3-4,11,17-18H,5-8H2,1-2H3. The number of fused-ring (bicyclic) bond motifs is 1. The van der Waals surface area contributed by atoms with Crippen molar-refractivity contribution in [2.45, 2.75) is 32.6 Å². The molecule has 2 aromatic rings. The van der Waals surface area contributed by atoms with Gasteiger partial charge in [0.15, 0.2) is 0 Å². The Morgan fingerprint density at radius 2 is 1.89 bits per heavy atom. The molecular weight excluding hydrogens is 244 g/mol. The molecule has 1 aromatic carbocycles. The van der Waals surface area contributed by atoms with E-state index in [-0.39, 0.29) is 0 Å². The summed E-state index contributed by atoms with van der Waals surface area (Å²) in [5.74, 6) is 0.681. The second-order valence-electron chi connectivity index (χ2n) is 5.28. The van der Waals surface area contributed by atoms with Gasteiger partial charge in [0.25, 0.3) is 0 Å². The van der Waals surface area contributed by atoms with Crippen molar-refractivity contribution in [3.63, 3.8) is 0 Å². The number of rotatable bonds is 1. The predicted molar refractivity (Wildman–Crippen MR) is 77.6 cm³/mol. The van der Waals surface area contributed by atoms with E-state index in [0.717, 1.165) is 23.7 Å². The van der Waals surface area contributed by atoms with Crippen molar-refractivity contribution in [1.29, 1.82) is 0 Å². The van der Waals surface area contributed by atoms with Crippen molar-refractivity contribution < 1.29 is 0 Å². The summed E-state index contributed by atoms with van der Waals surface area (Å²) in [4.78, 5) is 3.53. The van der Waals surface area contributed by atoms with Crippen LogP contribution in [-0.4, -0.2) is 18.1 Å². The second kappa shape index (κ2) is 4.60. The molecule has 1 aromatic heterocycles. The third-order valence-electron chi connectivity index (χ3n) is 4.15.